The number of aliphatic hydroxyl groups excluding tert-OH is 1. The second-order valence-corrected chi connectivity index (χ2v) is 18.9. The van der Waals surface area contributed by atoms with E-state index in [9.17, 15) is 29.1 Å². The second kappa shape index (κ2) is 26.8. The summed E-state index contributed by atoms with van der Waals surface area (Å²) in [5.41, 5.74) is -1.33. The highest BCUT2D eigenvalue weighted by Crippen LogP contribution is 2.43. The number of aliphatic hydroxyl groups is 1. The molecule has 0 aromatic carbocycles. The van der Waals surface area contributed by atoms with Gasteiger partial charge in [0.15, 0.2) is 24.3 Å². The van der Waals surface area contributed by atoms with Crippen LogP contribution in [0.15, 0.2) is 0 Å². The minimum atomic E-state index is -1.34. The van der Waals surface area contributed by atoms with Crippen LogP contribution in [0.4, 0.5) is 0 Å². The predicted octanol–water partition coefficient (Wildman–Crippen LogP) is 3.27. The summed E-state index contributed by atoms with van der Waals surface area (Å²) < 4.78 is 67.6. The lowest BCUT2D eigenvalue weighted by atomic mass is 9.70. The number of methoxy groups -OCH3 is 3. The normalized spacial score (nSPS) is 36.8. The molecule has 0 bridgehead atoms. The van der Waals surface area contributed by atoms with Crippen molar-refractivity contribution in [3.05, 3.63) is 0 Å². The smallest absolute Gasteiger partial charge is 0.309 e. The number of carbonyl (C=O) groups is 5. The SMILES string of the molecule is CCC(=O)O[C@@H]1CC(=O)O[C@H](C)CCN(C)N(C)C[C@H](OC(C)=O)[C@H](C)C[C@H](CC(OC)OC)[C@H]([C@@H]2O[C@H](C)[C@@H](O[C@@H]3C[C@@](C)(OC(C)=O)[C@@H](OC(=O)CC)[C@H](C)O3)[C@H](N(C)C)[C@H]2O)[C@@H]1OC. The van der Waals surface area contributed by atoms with E-state index in [-0.39, 0.29) is 38.0 Å². The van der Waals surface area contributed by atoms with E-state index in [1.165, 1.54) is 35.2 Å². The lowest BCUT2D eigenvalue weighted by Crippen LogP contribution is -2.67. The number of cyclic esters (lactones) is 1. The van der Waals surface area contributed by atoms with E-state index >= 15 is 0 Å². The number of hydrazine groups is 1. The number of ether oxygens (including phenoxy) is 11. The topological polar surface area (TPSA) is 217 Å². The first-order valence-electron chi connectivity index (χ1n) is 23.7. The molecule has 3 aliphatic rings. The minimum Gasteiger partial charge on any atom is -0.463 e. The molecule has 20 heteroatoms. The van der Waals surface area contributed by atoms with Crippen LogP contribution in [0, 0.1) is 17.8 Å². The Morgan fingerprint density at radius 3 is 2.04 bits per heavy atom. The van der Waals surface area contributed by atoms with E-state index in [1.807, 2.05) is 42.9 Å². The average molecular weight is 962 g/mol. The maximum atomic E-state index is 13.9. The van der Waals surface area contributed by atoms with Gasteiger partial charge in [0.25, 0.3) is 0 Å². The largest absolute Gasteiger partial charge is 0.463 e. The summed E-state index contributed by atoms with van der Waals surface area (Å²) in [6.45, 7) is 15.8. The van der Waals surface area contributed by atoms with E-state index < -0.39 is 127 Å². The Balaban J connectivity index is 2.26. The van der Waals surface area contributed by atoms with Crippen LogP contribution in [0.2, 0.25) is 0 Å². The summed E-state index contributed by atoms with van der Waals surface area (Å²) in [5, 5.41) is 16.9. The first-order valence-corrected chi connectivity index (χ1v) is 23.7. The van der Waals surface area contributed by atoms with Crippen LogP contribution in [-0.4, -0.2) is 198 Å². The average Bonchev–Trinajstić information content (AvgIpc) is 3.24. The number of hydrogen-bond acceptors (Lipinski definition) is 20. The van der Waals surface area contributed by atoms with Crippen LogP contribution in [0.1, 0.15) is 107 Å². The third kappa shape index (κ3) is 16.3. The molecule has 0 aliphatic carbocycles. The molecule has 0 saturated carbocycles. The lowest BCUT2D eigenvalue weighted by Gasteiger charge is -2.53. The van der Waals surface area contributed by atoms with Gasteiger partial charge in [-0.15, -0.1) is 0 Å². The lowest BCUT2D eigenvalue weighted by molar-refractivity contribution is -0.320. The standard InChI is InChI=1S/C47H83N3O17/c1-17-35(53)64-33-23-37(55)60-27(4)19-20-49(12)50(13)25-34(63-30(7)51)26(3)21-32(22-38(57-14)58-15)40(44(33)59-16)45-42(56)41(48(10)11)43(28(5)62-45)66-39-24-47(9,67-31(8)52)46(29(6)61-39)65-36(54)18-2/h26-29,32-34,38-46,56H,17-25H2,1-16H3/t26-,27-,28-,29+,32-,33-,34+,39-,40+,41-,42-,43-,44-,45+,46+,47-/m1/s1. The van der Waals surface area contributed by atoms with E-state index in [2.05, 4.69) is 0 Å². The van der Waals surface area contributed by atoms with Crippen LogP contribution < -0.4 is 0 Å². The molecule has 3 fully saturated rings. The van der Waals surface area contributed by atoms with Crippen molar-refractivity contribution in [3.8, 4) is 0 Å². The first kappa shape index (κ1) is 58.3. The molecule has 0 aromatic heterocycles. The Hall–Kier alpha value is -3.05. The molecule has 3 heterocycles. The van der Waals surface area contributed by atoms with Gasteiger partial charge in [0, 0.05) is 87.4 Å². The van der Waals surface area contributed by atoms with Crippen molar-refractivity contribution in [2.24, 2.45) is 17.8 Å². The molecule has 3 aliphatic heterocycles. The van der Waals surface area contributed by atoms with Gasteiger partial charge in [0.05, 0.1) is 43.4 Å². The first-order chi connectivity index (χ1) is 31.4. The van der Waals surface area contributed by atoms with Gasteiger partial charge in [0.1, 0.15) is 30.5 Å². The van der Waals surface area contributed by atoms with E-state index in [0.717, 1.165) is 0 Å². The van der Waals surface area contributed by atoms with Crippen molar-refractivity contribution >= 4 is 29.8 Å². The van der Waals surface area contributed by atoms with Gasteiger partial charge in [-0.05, 0) is 66.5 Å². The zero-order chi connectivity index (χ0) is 50.5. The second-order valence-electron chi connectivity index (χ2n) is 18.9. The van der Waals surface area contributed by atoms with Crippen molar-refractivity contribution in [2.75, 3.05) is 62.6 Å². The molecule has 388 valence electrons. The molecular weight excluding hydrogens is 879 g/mol. The zero-order valence-electron chi connectivity index (χ0n) is 42.9. The van der Waals surface area contributed by atoms with Gasteiger partial charge < -0.3 is 62.1 Å². The van der Waals surface area contributed by atoms with E-state index in [0.29, 0.717) is 25.9 Å². The third-order valence-corrected chi connectivity index (χ3v) is 13.4. The summed E-state index contributed by atoms with van der Waals surface area (Å²) >= 11 is 0. The summed E-state index contributed by atoms with van der Waals surface area (Å²) in [6.07, 6.45) is -10.2. The fraction of sp³-hybridized carbons (Fsp3) is 0.894. The molecule has 67 heavy (non-hydrogen) atoms. The van der Waals surface area contributed by atoms with Crippen LogP contribution in [0.25, 0.3) is 0 Å². The van der Waals surface area contributed by atoms with Crippen molar-refractivity contribution in [3.63, 3.8) is 0 Å². The molecule has 3 rings (SSSR count). The number of carbonyl (C=O) groups excluding carboxylic acids is 5. The maximum Gasteiger partial charge on any atom is 0.309 e. The molecule has 0 aromatic rings. The minimum absolute atomic E-state index is 0.00427. The molecule has 0 radical (unpaired) electrons. The highest BCUT2D eigenvalue weighted by Gasteiger charge is 2.56. The van der Waals surface area contributed by atoms with Gasteiger partial charge in [-0.25, -0.2) is 10.0 Å². The summed E-state index contributed by atoms with van der Waals surface area (Å²) in [6, 6.07) is -0.791. The Labute approximate surface area is 398 Å². The van der Waals surface area contributed by atoms with Crippen molar-refractivity contribution in [2.45, 2.75) is 193 Å². The van der Waals surface area contributed by atoms with Gasteiger partial charge in [-0.2, -0.15) is 0 Å². The van der Waals surface area contributed by atoms with Gasteiger partial charge in [0.2, 0.25) is 0 Å². The monoisotopic (exact) mass is 962 g/mol. The molecule has 16 atom stereocenters. The van der Waals surface area contributed by atoms with Crippen molar-refractivity contribution in [1.82, 2.24) is 14.9 Å². The van der Waals surface area contributed by atoms with Crippen molar-refractivity contribution < 1.29 is 81.2 Å². The zero-order valence-corrected chi connectivity index (χ0v) is 42.9. The van der Waals surface area contributed by atoms with Gasteiger partial charge in [-0.1, -0.05) is 20.8 Å². The van der Waals surface area contributed by atoms with E-state index in [4.69, 9.17) is 52.1 Å². The Kier molecular flexibility index (Phi) is 23.3. The van der Waals surface area contributed by atoms with E-state index in [1.54, 1.807) is 48.7 Å². The Morgan fingerprint density at radius 2 is 1.49 bits per heavy atom. The van der Waals surface area contributed by atoms with Crippen LogP contribution in [0.3, 0.4) is 0 Å². The molecule has 3 saturated heterocycles. The van der Waals surface area contributed by atoms with Crippen LogP contribution in [0.5, 0.6) is 0 Å². The third-order valence-electron chi connectivity index (χ3n) is 13.4. The summed E-state index contributed by atoms with van der Waals surface area (Å²) in [5.74, 6) is -4.46. The highest BCUT2D eigenvalue weighted by atomic mass is 16.7. The number of hydrogen-bond donors (Lipinski definition) is 1. The number of rotatable bonds is 15. The van der Waals surface area contributed by atoms with Crippen molar-refractivity contribution in [1.29, 1.82) is 0 Å². The van der Waals surface area contributed by atoms with Gasteiger partial charge >= 0.3 is 29.8 Å². The Bertz CT molecular complexity index is 1590. The number of esters is 5. The summed E-state index contributed by atoms with van der Waals surface area (Å²) in [7, 11) is 11.9. The number of nitrogens with zero attached hydrogens (tertiary/aromatic N) is 3. The molecule has 0 amide bonds. The Morgan fingerprint density at radius 1 is 0.866 bits per heavy atom. The molecule has 0 spiro atoms. The fourth-order valence-corrected chi connectivity index (χ4v) is 9.93. The fourth-order valence-electron chi connectivity index (χ4n) is 9.93. The molecule has 0 unspecified atom stereocenters. The van der Waals surface area contributed by atoms with Gasteiger partial charge in [-0.3, -0.25) is 24.0 Å². The van der Waals surface area contributed by atoms with Crippen LogP contribution in [-0.2, 0) is 76.1 Å². The highest BCUT2D eigenvalue weighted by molar-refractivity contribution is 5.73. The summed E-state index contributed by atoms with van der Waals surface area (Å²) in [4.78, 5) is 66.6. The molecular formula is C47H83N3O17. The predicted molar refractivity (Wildman–Crippen MR) is 242 cm³/mol. The molecule has 1 N–H and O–H groups in total. The number of likely N-dealkylation sites (N-methyl/N-ethyl adjacent to an activating group) is 2. The molecule has 20 nitrogen and oxygen atoms in total. The maximum absolute atomic E-state index is 13.9. The van der Waals surface area contributed by atoms with Crippen LogP contribution >= 0.6 is 0 Å². The quantitative estimate of drug-likeness (QED) is 0.142.